The van der Waals surface area contributed by atoms with Gasteiger partial charge in [0.1, 0.15) is 5.75 Å². The first kappa shape index (κ1) is 9.05. The van der Waals surface area contributed by atoms with Crippen molar-refractivity contribution in [1.29, 1.82) is 0 Å². The quantitative estimate of drug-likeness (QED) is 0.575. The summed E-state index contributed by atoms with van der Waals surface area (Å²) in [5.41, 5.74) is 9.91. The molecule has 68 valence electrons. The number of aromatic hydroxyl groups is 1. The van der Waals surface area contributed by atoms with Crippen LogP contribution >= 0.6 is 0 Å². The molecule has 0 unspecified atom stereocenters. The zero-order valence-corrected chi connectivity index (χ0v) is 6.65. The highest BCUT2D eigenvalue weighted by Gasteiger charge is 2.10. The fourth-order valence-electron chi connectivity index (χ4n) is 0.887. The lowest BCUT2D eigenvalue weighted by Crippen LogP contribution is -2.15. The van der Waals surface area contributed by atoms with Gasteiger partial charge in [-0.2, -0.15) is 0 Å². The van der Waals surface area contributed by atoms with Gasteiger partial charge in [-0.1, -0.05) is 0 Å². The van der Waals surface area contributed by atoms with Crippen LogP contribution in [0.2, 0.25) is 0 Å². The van der Waals surface area contributed by atoms with Gasteiger partial charge >= 0.3 is 0 Å². The fourth-order valence-corrected chi connectivity index (χ4v) is 0.887. The van der Waals surface area contributed by atoms with Gasteiger partial charge in [-0.25, -0.2) is 0 Å². The zero-order valence-electron chi connectivity index (χ0n) is 6.65. The third-order valence-corrected chi connectivity index (χ3v) is 1.55. The van der Waals surface area contributed by atoms with Gasteiger partial charge in [0.05, 0.1) is 5.56 Å². The molecule has 1 aromatic rings. The van der Waals surface area contributed by atoms with E-state index in [-0.39, 0.29) is 16.9 Å². The number of amides is 2. The summed E-state index contributed by atoms with van der Waals surface area (Å²) in [6.07, 6.45) is 0. The van der Waals surface area contributed by atoms with Crippen LogP contribution in [0.3, 0.4) is 0 Å². The smallest absolute Gasteiger partial charge is 0.252 e. The number of carbonyl (C=O) groups is 2. The van der Waals surface area contributed by atoms with Crippen molar-refractivity contribution in [3.63, 3.8) is 0 Å². The van der Waals surface area contributed by atoms with Crippen molar-refractivity contribution in [2.24, 2.45) is 11.5 Å². The van der Waals surface area contributed by atoms with Gasteiger partial charge in [0.2, 0.25) is 5.91 Å². The van der Waals surface area contributed by atoms with E-state index in [4.69, 9.17) is 16.6 Å². The lowest BCUT2D eigenvalue weighted by Gasteiger charge is -2.01. The Morgan fingerprint density at radius 1 is 1.15 bits per heavy atom. The normalized spacial score (nSPS) is 9.54. The molecular weight excluding hydrogens is 172 g/mol. The second-order valence-electron chi connectivity index (χ2n) is 2.46. The van der Waals surface area contributed by atoms with Gasteiger partial charge in [0.15, 0.2) is 0 Å². The van der Waals surface area contributed by atoms with Crippen LogP contribution in [0, 0.1) is 0 Å². The number of hydrogen-bond acceptors (Lipinski definition) is 3. The molecule has 0 aliphatic heterocycles. The third-order valence-electron chi connectivity index (χ3n) is 1.55. The predicted molar refractivity (Wildman–Crippen MR) is 45.1 cm³/mol. The van der Waals surface area contributed by atoms with Gasteiger partial charge in [-0.05, 0) is 18.2 Å². The van der Waals surface area contributed by atoms with Crippen LogP contribution < -0.4 is 11.5 Å². The molecule has 0 atom stereocenters. The Bertz CT molecular complexity index is 374. The van der Waals surface area contributed by atoms with Crippen LogP contribution in [0.5, 0.6) is 5.75 Å². The van der Waals surface area contributed by atoms with E-state index in [9.17, 15) is 9.59 Å². The molecular formula is C8H8N2O3. The van der Waals surface area contributed by atoms with E-state index in [2.05, 4.69) is 0 Å². The number of rotatable bonds is 2. The fraction of sp³-hybridized carbons (Fsp3) is 0. The third kappa shape index (κ3) is 1.76. The summed E-state index contributed by atoms with van der Waals surface area (Å²) in [4.78, 5) is 21.4. The molecule has 5 heteroatoms. The standard InChI is InChI=1S/C8H8N2O3/c9-7(12)4-1-2-6(11)5(3-4)8(10)13/h1-3,11H,(H2,9,12)(H2,10,13). The Kier molecular flexibility index (Phi) is 2.19. The topological polar surface area (TPSA) is 106 Å². The molecule has 0 aliphatic rings. The maximum absolute atomic E-state index is 10.7. The first-order valence-corrected chi connectivity index (χ1v) is 3.45. The van der Waals surface area contributed by atoms with E-state index in [1.165, 1.54) is 12.1 Å². The number of phenols is 1. The minimum atomic E-state index is -0.805. The average Bonchev–Trinajstić information content (AvgIpc) is 2.04. The van der Waals surface area contributed by atoms with Crippen LogP contribution in [0.1, 0.15) is 20.7 Å². The summed E-state index contributed by atoms with van der Waals surface area (Å²) in [6, 6.07) is 3.66. The molecule has 1 rings (SSSR count). The molecule has 0 saturated heterocycles. The largest absolute Gasteiger partial charge is 0.507 e. The minimum absolute atomic E-state index is 0.115. The Labute approximate surface area is 74.0 Å². The average molecular weight is 180 g/mol. The zero-order chi connectivity index (χ0) is 10.0. The molecule has 0 aliphatic carbocycles. The monoisotopic (exact) mass is 180 g/mol. The van der Waals surface area contributed by atoms with Crippen LogP contribution in [-0.4, -0.2) is 16.9 Å². The number of hydrogen-bond donors (Lipinski definition) is 3. The van der Waals surface area contributed by atoms with Crippen molar-refractivity contribution in [2.75, 3.05) is 0 Å². The highest BCUT2D eigenvalue weighted by Crippen LogP contribution is 2.17. The molecule has 0 spiro atoms. The summed E-state index contributed by atoms with van der Waals surface area (Å²) < 4.78 is 0. The maximum Gasteiger partial charge on any atom is 0.252 e. The molecule has 1 aromatic carbocycles. The summed E-state index contributed by atoms with van der Waals surface area (Å²) in [5.74, 6) is -1.75. The lowest BCUT2D eigenvalue weighted by molar-refractivity contribution is 0.0997. The first-order chi connectivity index (χ1) is 6.02. The van der Waals surface area contributed by atoms with E-state index < -0.39 is 11.8 Å². The number of primary amides is 2. The molecule has 0 saturated carbocycles. The van der Waals surface area contributed by atoms with Gasteiger partial charge in [0.25, 0.3) is 5.91 Å². The summed E-state index contributed by atoms with van der Waals surface area (Å²) in [6.45, 7) is 0. The Balaban J connectivity index is 3.27. The number of carbonyl (C=O) groups excluding carboxylic acids is 2. The maximum atomic E-state index is 10.7. The van der Waals surface area contributed by atoms with E-state index in [1.807, 2.05) is 0 Å². The van der Waals surface area contributed by atoms with E-state index >= 15 is 0 Å². The van der Waals surface area contributed by atoms with E-state index in [0.29, 0.717) is 0 Å². The molecule has 0 radical (unpaired) electrons. The lowest BCUT2D eigenvalue weighted by atomic mass is 10.1. The second-order valence-corrected chi connectivity index (χ2v) is 2.46. The highest BCUT2D eigenvalue weighted by molar-refractivity contribution is 6.00. The van der Waals surface area contributed by atoms with Crippen molar-refractivity contribution in [3.05, 3.63) is 29.3 Å². The second kappa shape index (κ2) is 3.14. The molecule has 13 heavy (non-hydrogen) atoms. The molecule has 0 heterocycles. The molecule has 0 bridgehead atoms. The van der Waals surface area contributed by atoms with Gasteiger partial charge in [0, 0.05) is 5.56 Å². The van der Waals surface area contributed by atoms with E-state index in [0.717, 1.165) is 6.07 Å². The predicted octanol–water partition coefficient (Wildman–Crippen LogP) is -0.410. The van der Waals surface area contributed by atoms with Gasteiger partial charge in [-0.3, -0.25) is 9.59 Å². The molecule has 0 fully saturated rings. The Morgan fingerprint density at radius 2 is 1.77 bits per heavy atom. The summed E-state index contributed by atoms with van der Waals surface area (Å²) in [7, 11) is 0. The minimum Gasteiger partial charge on any atom is -0.507 e. The molecule has 5 N–H and O–H groups in total. The summed E-state index contributed by atoms with van der Waals surface area (Å²) in [5, 5.41) is 9.13. The number of benzene rings is 1. The SMILES string of the molecule is NC(=O)c1ccc(O)c(C(N)=O)c1. The van der Waals surface area contributed by atoms with Crippen molar-refractivity contribution in [1.82, 2.24) is 0 Å². The van der Waals surface area contributed by atoms with Gasteiger partial charge < -0.3 is 16.6 Å². The Hall–Kier alpha value is -2.04. The molecule has 2 amide bonds. The molecule has 5 nitrogen and oxygen atoms in total. The van der Waals surface area contributed by atoms with Crippen molar-refractivity contribution in [2.45, 2.75) is 0 Å². The van der Waals surface area contributed by atoms with Gasteiger partial charge in [-0.15, -0.1) is 0 Å². The molecule has 0 aromatic heterocycles. The van der Waals surface area contributed by atoms with Crippen LogP contribution in [-0.2, 0) is 0 Å². The summed E-state index contributed by atoms with van der Waals surface area (Å²) >= 11 is 0. The number of nitrogens with two attached hydrogens (primary N) is 2. The van der Waals surface area contributed by atoms with Crippen molar-refractivity contribution < 1.29 is 14.7 Å². The van der Waals surface area contributed by atoms with Crippen LogP contribution in [0.4, 0.5) is 0 Å². The van der Waals surface area contributed by atoms with E-state index in [1.54, 1.807) is 0 Å². The van der Waals surface area contributed by atoms with Crippen LogP contribution in [0.25, 0.3) is 0 Å². The first-order valence-electron chi connectivity index (χ1n) is 3.45. The van der Waals surface area contributed by atoms with Crippen molar-refractivity contribution in [3.8, 4) is 5.75 Å². The van der Waals surface area contributed by atoms with Crippen LogP contribution in [0.15, 0.2) is 18.2 Å². The highest BCUT2D eigenvalue weighted by atomic mass is 16.3. The Morgan fingerprint density at radius 3 is 2.23 bits per heavy atom. The van der Waals surface area contributed by atoms with Crippen molar-refractivity contribution >= 4 is 11.8 Å².